The van der Waals surface area contributed by atoms with Gasteiger partial charge in [0.1, 0.15) is 5.69 Å². The van der Waals surface area contributed by atoms with E-state index in [1.807, 2.05) is 33.9 Å². The predicted octanol–water partition coefficient (Wildman–Crippen LogP) is 3.55. The van der Waals surface area contributed by atoms with Crippen LogP contribution in [0.2, 0.25) is 0 Å². The highest BCUT2D eigenvalue weighted by Gasteiger charge is 2.41. The molecule has 0 aromatic carbocycles. The maximum absolute atomic E-state index is 13.8. The number of likely N-dealkylation sites (tertiary alicyclic amines) is 1. The molecular weight excluding hydrogens is 426 g/mol. The molecule has 0 bridgehead atoms. The lowest BCUT2D eigenvalue weighted by Crippen LogP contribution is -2.50. The number of H-pyrrole nitrogens is 1. The van der Waals surface area contributed by atoms with Crippen molar-refractivity contribution in [3.05, 3.63) is 46.9 Å². The van der Waals surface area contributed by atoms with Gasteiger partial charge in [-0.05, 0) is 33.2 Å². The molecule has 1 saturated heterocycles. The number of aromatic amines is 1. The molecule has 8 heteroatoms. The normalized spacial score (nSPS) is 25.2. The van der Waals surface area contributed by atoms with Gasteiger partial charge in [0, 0.05) is 68.6 Å². The first-order valence-electron chi connectivity index (χ1n) is 12.5. The number of amides is 2. The van der Waals surface area contributed by atoms with Crippen LogP contribution in [-0.2, 0) is 19.5 Å². The Morgan fingerprint density at radius 1 is 1.32 bits per heavy atom. The summed E-state index contributed by atoms with van der Waals surface area (Å²) in [4.78, 5) is 20.1. The first kappa shape index (κ1) is 22.9. The number of carbonyl (C=O) groups is 1. The summed E-state index contributed by atoms with van der Waals surface area (Å²) in [7, 11) is 4.17. The zero-order valence-electron chi connectivity index (χ0n) is 21.1. The van der Waals surface area contributed by atoms with E-state index in [1.165, 1.54) is 11.1 Å². The second-order valence-electron chi connectivity index (χ2n) is 10.3. The Kier molecular flexibility index (Phi) is 6.10. The zero-order valence-corrected chi connectivity index (χ0v) is 21.1. The number of aromatic nitrogens is 4. The number of fused-ring (bicyclic) bond motifs is 1. The maximum atomic E-state index is 13.8. The number of rotatable bonds is 4. The minimum absolute atomic E-state index is 0.115. The lowest BCUT2D eigenvalue weighted by molar-refractivity contribution is 0.135. The van der Waals surface area contributed by atoms with E-state index in [-0.39, 0.29) is 12.1 Å². The van der Waals surface area contributed by atoms with E-state index in [9.17, 15) is 4.79 Å². The topological polar surface area (TPSA) is 73.3 Å². The van der Waals surface area contributed by atoms with Gasteiger partial charge in [0.25, 0.3) is 0 Å². The molecule has 2 aliphatic heterocycles. The lowest BCUT2D eigenvalue weighted by atomic mass is 9.78. The molecule has 2 aromatic heterocycles. The van der Waals surface area contributed by atoms with Crippen LogP contribution < -0.4 is 0 Å². The quantitative estimate of drug-likeness (QED) is 0.753. The number of nitrogens with zero attached hydrogens (tertiary/aromatic N) is 6. The minimum Gasteiger partial charge on any atom is -0.323 e. The Balaban J connectivity index is 1.36. The van der Waals surface area contributed by atoms with Gasteiger partial charge in [-0.25, -0.2) is 4.79 Å². The molecular formula is C26H37N7O. The van der Waals surface area contributed by atoms with Gasteiger partial charge in [0.2, 0.25) is 0 Å². The van der Waals surface area contributed by atoms with Crippen molar-refractivity contribution in [2.24, 2.45) is 11.8 Å². The Morgan fingerprint density at radius 3 is 2.88 bits per heavy atom. The fourth-order valence-corrected chi connectivity index (χ4v) is 6.12. The largest absolute Gasteiger partial charge is 0.323 e. The zero-order chi connectivity index (χ0) is 24.0. The van der Waals surface area contributed by atoms with Crippen LogP contribution in [0.3, 0.4) is 0 Å². The molecule has 5 rings (SSSR count). The standard InChI is InChI=1S/C26H37N7O/c1-6-33-13-19(12-27-33)25-20-15-32(11-10-22(20)28-29-25)26(34)31(5)23-16-30(4)14-21(23)24-17(2)8-7-9-18(24)3/h7-8,12-13,18,21,23H,6,9-11,14-16H2,1-5H3,(H,28,29). The van der Waals surface area contributed by atoms with Crippen molar-refractivity contribution in [3.63, 3.8) is 0 Å². The average Bonchev–Trinajstić information content (AvgIpc) is 3.55. The highest BCUT2D eigenvalue weighted by Crippen LogP contribution is 2.38. The molecule has 0 spiro atoms. The fraction of sp³-hybridized carbons (Fsp3) is 0.577. The summed E-state index contributed by atoms with van der Waals surface area (Å²) in [6, 6.07) is 0.300. The molecule has 0 saturated carbocycles. The summed E-state index contributed by atoms with van der Waals surface area (Å²) in [6.07, 6.45) is 10.3. The van der Waals surface area contributed by atoms with Crippen LogP contribution in [-0.4, -0.2) is 80.5 Å². The van der Waals surface area contributed by atoms with Crippen molar-refractivity contribution < 1.29 is 4.79 Å². The molecule has 2 aromatic rings. The van der Waals surface area contributed by atoms with E-state index >= 15 is 0 Å². The summed E-state index contributed by atoms with van der Waals surface area (Å²) >= 11 is 0. The number of hydrogen-bond acceptors (Lipinski definition) is 4. The summed E-state index contributed by atoms with van der Waals surface area (Å²) in [5.74, 6) is 0.909. The van der Waals surface area contributed by atoms with E-state index in [1.54, 1.807) is 0 Å². The summed E-state index contributed by atoms with van der Waals surface area (Å²) in [5.41, 5.74) is 7.07. The molecule has 34 heavy (non-hydrogen) atoms. The molecule has 1 N–H and O–H groups in total. The third kappa shape index (κ3) is 3.98. The van der Waals surface area contributed by atoms with Gasteiger partial charge >= 0.3 is 6.03 Å². The SMILES string of the molecule is CCn1cc(-c2n[nH]c3c2CN(C(=O)N(C)C2CN(C)CC2C2=C(C)C=CCC2C)CC3)cn1. The Bertz CT molecular complexity index is 1130. The summed E-state index contributed by atoms with van der Waals surface area (Å²) in [6.45, 7) is 10.7. The van der Waals surface area contributed by atoms with Gasteiger partial charge in [-0.3, -0.25) is 9.78 Å². The van der Waals surface area contributed by atoms with Crippen LogP contribution in [0, 0.1) is 11.8 Å². The van der Waals surface area contributed by atoms with Gasteiger partial charge in [0.05, 0.1) is 18.8 Å². The number of likely N-dealkylation sites (N-methyl/N-ethyl adjacent to an activating group) is 2. The van der Waals surface area contributed by atoms with Crippen molar-refractivity contribution in [1.29, 1.82) is 0 Å². The van der Waals surface area contributed by atoms with Crippen LogP contribution in [0.4, 0.5) is 4.79 Å². The van der Waals surface area contributed by atoms with Crippen LogP contribution in [0.1, 0.15) is 38.4 Å². The highest BCUT2D eigenvalue weighted by molar-refractivity contribution is 5.76. The average molecular weight is 464 g/mol. The highest BCUT2D eigenvalue weighted by atomic mass is 16.2. The van der Waals surface area contributed by atoms with Crippen LogP contribution in [0.15, 0.2) is 35.7 Å². The smallest absolute Gasteiger partial charge is 0.320 e. The Labute approximate surface area is 202 Å². The van der Waals surface area contributed by atoms with Gasteiger partial charge in [-0.1, -0.05) is 30.2 Å². The number of hydrogen-bond donors (Lipinski definition) is 1. The second kappa shape index (κ2) is 9.06. The fourth-order valence-electron chi connectivity index (χ4n) is 6.12. The molecule has 182 valence electrons. The molecule has 0 radical (unpaired) electrons. The van der Waals surface area contributed by atoms with Crippen LogP contribution in [0.5, 0.6) is 0 Å². The van der Waals surface area contributed by atoms with Gasteiger partial charge in [0.15, 0.2) is 0 Å². The van der Waals surface area contributed by atoms with E-state index in [0.717, 1.165) is 55.0 Å². The molecule has 4 heterocycles. The first-order chi connectivity index (χ1) is 16.4. The third-order valence-corrected chi connectivity index (χ3v) is 7.95. The third-order valence-electron chi connectivity index (χ3n) is 7.95. The molecule has 1 aliphatic carbocycles. The lowest BCUT2D eigenvalue weighted by Gasteiger charge is -2.38. The monoisotopic (exact) mass is 463 g/mol. The van der Waals surface area contributed by atoms with Crippen molar-refractivity contribution >= 4 is 6.03 Å². The van der Waals surface area contributed by atoms with Gasteiger partial charge in [-0.15, -0.1) is 0 Å². The molecule has 3 unspecified atom stereocenters. The first-order valence-corrected chi connectivity index (χ1v) is 12.5. The number of allylic oxidation sites excluding steroid dienone is 3. The molecule has 8 nitrogen and oxygen atoms in total. The van der Waals surface area contributed by atoms with Crippen LogP contribution >= 0.6 is 0 Å². The predicted molar refractivity (Wildman–Crippen MR) is 133 cm³/mol. The molecule has 3 atom stereocenters. The van der Waals surface area contributed by atoms with E-state index in [0.29, 0.717) is 24.9 Å². The van der Waals surface area contributed by atoms with Crippen molar-refractivity contribution in [1.82, 2.24) is 34.7 Å². The Hall–Kier alpha value is -2.87. The number of urea groups is 1. The maximum Gasteiger partial charge on any atom is 0.320 e. The number of nitrogens with one attached hydrogen (secondary N) is 1. The van der Waals surface area contributed by atoms with Gasteiger partial charge in [-0.2, -0.15) is 10.2 Å². The minimum atomic E-state index is 0.115. The summed E-state index contributed by atoms with van der Waals surface area (Å²) < 4.78 is 1.91. The van der Waals surface area contributed by atoms with E-state index < -0.39 is 0 Å². The summed E-state index contributed by atoms with van der Waals surface area (Å²) in [5, 5.41) is 12.2. The van der Waals surface area contributed by atoms with Crippen molar-refractivity contribution in [2.75, 3.05) is 33.7 Å². The van der Waals surface area contributed by atoms with E-state index in [2.05, 4.69) is 60.2 Å². The van der Waals surface area contributed by atoms with Crippen molar-refractivity contribution in [3.8, 4) is 11.3 Å². The molecule has 2 amide bonds. The second-order valence-corrected chi connectivity index (χ2v) is 10.3. The van der Waals surface area contributed by atoms with Crippen molar-refractivity contribution in [2.45, 2.75) is 52.7 Å². The van der Waals surface area contributed by atoms with Gasteiger partial charge < -0.3 is 14.7 Å². The molecule has 3 aliphatic rings. The number of carbonyl (C=O) groups excluding carboxylic acids is 1. The Morgan fingerprint density at radius 2 is 2.15 bits per heavy atom. The van der Waals surface area contributed by atoms with Crippen LogP contribution in [0.25, 0.3) is 11.3 Å². The molecule has 1 fully saturated rings. The van der Waals surface area contributed by atoms with E-state index in [4.69, 9.17) is 0 Å². The number of aryl methyl sites for hydroxylation is 1.